The summed E-state index contributed by atoms with van der Waals surface area (Å²) < 4.78 is 32.5. The van der Waals surface area contributed by atoms with Crippen molar-refractivity contribution >= 4 is 10.0 Å². The molecule has 2 aliphatic heterocycles. The SMILES string of the molecule is O=S(=O)(CCCC1CCCN1)N1CCC(Oc2ccncc2)CC1. The van der Waals surface area contributed by atoms with E-state index in [1.165, 1.54) is 12.8 Å². The van der Waals surface area contributed by atoms with Gasteiger partial charge in [-0.2, -0.15) is 0 Å². The maximum Gasteiger partial charge on any atom is 0.214 e. The number of ether oxygens (including phenoxy) is 1. The maximum absolute atomic E-state index is 12.5. The van der Waals surface area contributed by atoms with Gasteiger partial charge in [-0.1, -0.05) is 0 Å². The van der Waals surface area contributed by atoms with Crippen LogP contribution < -0.4 is 10.1 Å². The summed E-state index contributed by atoms with van der Waals surface area (Å²) in [6.45, 7) is 2.18. The third-order valence-electron chi connectivity index (χ3n) is 4.86. The smallest absolute Gasteiger partial charge is 0.214 e. The summed E-state index contributed by atoms with van der Waals surface area (Å²) in [6, 6.07) is 4.18. The van der Waals surface area contributed by atoms with Crippen LogP contribution in [-0.2, 0) is 10.0 Å². The lowest BCUT2D eigenvalue weighted by molar-refractivity contribution is 0.135. The number of nitrogens with zero attached hydrogens (tertiary/aromatic N) is 2. The fourth-order valence-corrected chi connectivity index (χ4v) is 5.04. The van der Waals surface area contributed by atoms with Crippen molar-refractivity contribution < 1.29 is 13.2 Å². The zero-order valence-electron chi connectivity index (χ0n) is 14.1. The Morgan fingerprint density at radius 1 is 1.21 bits per heavy atom. The molecule has 0 bridgehead atoms. The van der Waals surface area contributed by atoms with Gasteiger partial charge < -0.3 is 10.1 Å². The van der Waals surface area contributed by atoms with E-state index in [1.807, 2.05) is 12.1 Å². The Balaban J connectivity index is 1.41. The topological polar surface area (TPSA) is 71.5 Å². The van der Waals surface area contributed by atoms with E-state index >= 15 is 0 Å². The molecule has 6 nitrogen and oxygen atoms in total. The van der Waals surface area contributed by atoms with Crippen molar-refractivity contribution in [2.45, 2.75) is 50.7 Å². The van der Waals surface area contributed by atoms with Crippen LogP contribution in [0.15, 0.2) is 24.5 Å². The molecule has 2 fully saturated rings. The van der Waals surface area contributed by atoms with E-state index in [0.717, 1.165) is 38.0 Å². The quantitative estimate of drug-likeness (QED) is 0.809. The molecule has 134 valence electrons. The maximum atomic E-state index is 12.5. The first kappa shape index (κ1) is 17.6. The monoisotopic (exact) mass is 353 g/mol. The molecule has 0 radical (unpaired) electrons. The molecule has 24 heavy (non-hydrogen) atoms. The van der Waals surface area contributed by atoms with Gasteiger partial charge in [0.1, 0.15) is 11.9 Å². The van der Waals surface area contributed by atoms with Crippen LogP contribution in [0.1, 0.15) is 38.5 Å². The molecule has 0 spiro atoms. The van der Waals surface area contributed by atoms with Crippen molar-refractivity contribution in [3.05, 3.63) is 24.5 Å². The van der Waals surface area contributed by atoms with Crippen molar-refractivity contribution in [1.29, 1.82) is 0 Å². The van der Waals surface area contributed by atoms with Gasteiger partial charge in [0.25, 0.3) is 0 Å². The van der Waals surface area contributed by atoms with Crippen molar-refractivity contribution in [3.8, 4) is 5.75 Å². The van der Waals surface area contributed by atoms with Gasteiger partial charge in [-0.05, 0) is 57.2 Å². The molecular weight excluding hydrogens is 326 g/mol. The molecule has 0 saturated carbocycles. The van der Waals surface area contributed by atoms with Gasteiger partial charge >= 0.3 is 0 Å². The molecule has 1 atom stereocenters. The molecule has 0 amide bonds. The number of aromatic nitrogens is 1. The van der Waals surface area contributed by atoms with Crippen molar-refractivity contribution in [3.63, 3.8) is 0 Å². The molecule has 0 aliphatic carbocycles. The molecule has 3 rings (SSSR count). The van der Waals surface area contributed by atoms with Crippen molar-refractivity contribution in [2.75, 3.05) is 25.4 Å². The van der Waals surface area contributed by atoms with Gasteiger partial charge in [0.05, 0.1) is 5.75 Å². The van der Waals surface area contributed by atoms with E-state index in [4.69, 9.17) is 4.74 Å². The molecule has 1 aromatic heterocycles. The van der Waals surface area contributed by atoms with Gasteiger partial charge in [0, 0.05) is 31.5 Å². The fourth-order valence-electron chi connectivity index (χ4n) is 3.48. The van der Waals surface area contributed by atoms with Gasteiger partial charge in [0.15, 0.2) is 0 Å². The molecule has 7 heteroatoms. The molecule has 2 aliphatic rings. The lowest BCUT2D eigenvalue weighted by atomic mass is 10.1. The number of sulfonamides is 1. The molecule has 1 unspecified atom stereocenters. The minimum Gasteiger partial charge on any atom is -0.490 e. The fraction of sp³-hybridized carbons (Fsp3) is 0.706. The lowest BCUT2D eigenvalue weighted by Gasteiger charge is -2.31. The summed E-state index contributed by atoms with van der Waals surface area (Å²) in [4.78, 5) is 3.97. The van der Waals surface area contributed by atoms with Crippen LogP contribution in [-0.4, -0.2) is 55.2 Å². The highest BCUT2D eigenvalue weighted by atomic mass is 32.2. The van der Waals surface area contributed by atoms with Crippen LogP contribution in [0.2, 0.25) is 0 Å². The first-order valence-corrected chi connectivity index (χ1v) is 10.5. The third kappa shape index (κ3) is 4.91. The Hall–Kier alpha value is -1.18. The Morgan fingerprint density at radius 3 is 2.62 bits per heavy atom. The van der Waals surface area contributed by atoms with E-state index in [2.05, 4.69) is 10.3 Å². The van der Waals surface area contributed by atoms with Gasteiger partial charge in [-0.25, -0.2) is 12.7 Å². The number of pyridine rings is 1. The largest absolute Gasteiger partial charge is 0.490 e. The average Bonchev–Trinajstić information content (AvgIpc) is 3.10. The second kappa shape index (κ2) is 8.27. The normalized spacial score (nSPS) is 23.4. The van der Waals surface area contributed by atoms with E-state index < -0.39 is 10.0 Å². The Kier molecular flexibility index (Phi) is 6.08. The molecule has 2 saturated heterocycles. The molecule has 1 N–H and O–H groups in total. The number of hydrogen-bond donors (Lipinski definition) is 1. The molecular formula is C17H27N3O3S. The summed E-state index contributed by atoms with van der Waals surface area (Å²) in [6.07, 6.45) is 9.07. The van der Waals surface area contributed by atoms with Gasteiger partial charge in [0.2, 0.25) is 10.0 Å². The first-order valence-electron chi connectivity index (χ1n) is 8.91. The first-order chi connectivity index (χ1) is 11.6. The lowest BCUT2D eigenvalue weighted by Crippen LogP contribution is -2.42. The summed E-state index contributed by atoms with van der Waals surface area (Å²) >= 11 is 0. The van der Waals surface area contributed by atoms with Gasteiger partial charge in [-0.3, -0.25) is 4.98 Å². The highest BCUT2D eigenvalue weighted by molar-refractivity contribution is 7.89. The zero-order valence-corrected chi connectivity index (χ0v) is 14.9. The van der Waals surface area contributed by atoms with E-state index in [0.29, 0.717) is 19.1 Å². The van der Waals surface area contributed by atoms with Gasteiger partial charge in [-0.15, -0.1) is 0 Å². The number of hydrogen-bond acceptors (Lipinski definition) is 5. The summed E-state index contributed by atoms with van der Waals surface area (Å²) in [5.74, 6) is 1.07. The Bertz CT molecular complexity index is 595. The number of piperidine rings is 1. The summed E-state index contributed by atoms with van der Waals surface area (Å²) in [7, 11) is -3.13. The summed E-state index contributed by atoms with van der Waals surface area (Å²) in [5.41, 5.74) is 0. The van der Waals surface area contributed by atoms with E-state index in [-0.39, 0.29) is 11.9 Å². The van der Waals surface area contributed by atoms with E-state index in [1.54, 1.807) is 16.7 Å². The predicted octanol–water partition coefficient (Wildman–Crippen LogP) is 1.79. The number of nitrogens with one attached hydrogen (secondary N) is 1. The second-order valence-corrected chi connectivity index (χ2v) is 8.74. The van der Waals surface area contributed by atoms with Crippen LogP contribution in [0.4, 0.5) is 0 Å². The second-order valence-electron chi connectivity index (χ2n) is 6.65. The predicted molar refractivity (Wildman–Crippen MR) is 93.5 cm³/mol. The van der Waals surface area contributed by atoms with Crippen LogP contribution in [0, 0.1) is 0 Å². The van der Waals surface area contributed by atoms with E-state index in [9.17, 15) is 8.42 Å². The Morgan fingerprint density at radius 2 is 1.96 bits per heavy atom. The zero-order chi connectivity index (χ0) is 16.8. The van der Waals surface area contributed by atoms with Crippen LogP contribution in [0.25, 0.3) is 0 Å². The van der Waals surface area contributed by atoms with Crippen LogP contribution in [0.3, 0.4) is 0 Å². The highest BCUT2D eigenvalue weighted by Crippen LogP contribution is 2.21. The minimum atomic E-state index is -3.13. The van der Waals surface area contributed by atoms with Crippen molar-refractivity contribution in [2.24, 2.45) is 0 Å². The highest BCUT2D eigenvalue weighted by Gasteiger charge is 2.28. The average molecular weight is 353 g/mol. The molecule has 1 aromatic rings. The number of rotatable bonds is 7. The molecule has 3 heterocycles. The van der Waals surface area contributed by atoms with Crippen molar-refractivity contribution in [1.82, 2.24) is 14.6 Å². The minimum absolute atomic E-state index is 0.0848. The standard InChI is InChI=1S/C17H27N3O3S/c21-24(22,14-2-4-15-3-1-9-19-15)20-12-7-17(8-13-20)23-16-5-10-18-11-6-16/h5-6,10-11,15,17,19H,1-4,7-9,12-14H2. The Labute approximate surface area is 144 Å². The third-order valence-corrected chi connectivity index (χ3v) is 6.82. The van der Waals surface area contributed by atoms with Crippen LogP contribution in [0.5, 0.6) is 5.75 Å². The summed E-state index contributed by atoms with van der Waals surface area (Å²) in [5, 5.41) is 3.42. The molecule has 0 aromatic carbocycles. The van der Waals surface area contributed by atoms with Crippen LogP contribution >= 0.6 is 0 Å².